The van der Waals surface area contributed by atoms with Crippen molar-refractivity contribution in [1.29, 1.82) is 0 Å². The van der Waals surface area contributed by atoms with E-state index in [0.29, 0.717) is 25.0 Å². The third kappa shape index (κ3) is 4.63. The summed E-state index contributed by atoms with van der Waals surface area (Å²) < 4.78 is 79.6. The van der Waals surface area contributed by atoms with E-state index in [-0.39, 0.29) is 24.1 Å². The number of nitrogens with one attached hydrogen (secondary N) is 1. The molecule has 1 fully saturated rings. The highest BCUT2D eigenvalue weighted by atomic mass is 19.4. The third-order valence-electron chi connectivity index (χ3n) is 5.69. The molecular formula is C22H18F5N5O3. The number of benzene rings is 1. The van der Waals surface area contributed by atoms with Crippen LogP contribution in [0.5, 0.6) is 17.4 Å². The molecule has 3 aromatic rings. The summed E-state index contributed by atoms with van der Waals surface area (Å²) in [5.41, 5.74) is -1.67. The van der Waals surface area contributed by atoms with Gasteiger partial charge in [-0.15, -0.1) is 0 Å². The normalized spacial score (nSPS) is 17.2. The van der Waals surface area contributed by atoms with E-state index in [4.69, 9.17) is 9.47 Å². The monoisotopic (exact) mass is 495 g/mol. The Morgan fingerprint density at radius 1 is 1.14 bits per heavy atom. The number of hydrogen-bond donors (Lipinski definition) is 1. The molecule has 1 unspecified atom stereocenters. The fraction of sp³-hybridized carbons (Fsp3) is 0.318. The number of fused-ring (bicyclic) bond motifs is 3. The summed E-state index contributed by atoms with van der Waals surface area (Å²) in [5, 5.41) is 3.27. The second kappa shape index (κ2) is 8.80. The highest BCUT2D eigenvalue weighted by molar-refractivity contribution is 5.47. The maximum absolute atomic E-state index is 14.5. The second-order valence-electron chi connectivity index (χ2n) is 8.05. The number of halogens is 5. The fourth-order valence-electron chi connectivity index (χ4n) is 4.09. The zero-order chi connectivity index (χ0) is 24.7. The van der Waals surface area contributed by atoms with Gasteiger partial charge in [-0.25, -0.2) is 13.6 Å². The van der Waals surface area contributed by atoms with Crippen LogP contribution in [0.1, 0.15) is 11.3 Å². The highest BCUT2D eigenvalue weighted by Crippen LogP contribution is 2.33. The molecule has 2 aliphatic rings. The van der Waals surface area contributed by atoms with Crippen LogP contribution in [0.3, 0.4) is 0 Å². The minimum Gasteiger partial charge on any atom is -0.473 e. The summed E-state index contributed by atoms with van der Waals surface area (Å²) in [5.74, 6) is -2.89. The van der Waals surface area contributed by atoms with Crippen LogP contribution in [-0.4, -0.2) is 40.2 Å². The van der Waals surface area contributed by atoms with Crippen molar-refractivity contribution in [2.45, 2.75) is 25.4 Å². The standard InChI is InChI=1S/C22H18F5N5O3/c23-15-5-12(6-16(24)20(15)35-14-1-2-29-17(7-14)22(25,26)27)11-34-18-8-19-31-4-3-28-9-13(31)10-32(19)21(33)30-18/h1-2,5-8,13,28H,3-4,9-11H2. The van der Waals surface area contributed by atoms with Gasteiger partial charge in [0.25, 0.3) is 0 Å². The predicted molar refractivity (Wildman–Crippen MR) is 113 cm³/mol. The first-order valence-corrected chi connectivity index (χ1v) is 10.6. The van der Waals surface area contributed by atoms with Crippen molar-refractivity contribution < 1.29 is 31.4 Å². The van der Waals surface area contributed by atoms with Gasteiger partial charge in [-0.3, -0.25) is 9.55 Å². The molecule has 13 heteroatoms. The Hall–Kier alpha value is -3.74. The van der Waals surface area contributed by atoms with Crippen LogP contribution < -0.4 is 25.4 Å². The van der Waals surface area contributed by atoms with Crippen LogP contribution in [0.25, 0.3) is 0 Å². The van der Waals surface area contributed by atoms with Crippen molar-refractivity contribution in [3.8, 4) is 17.4 Å². The molecule has 4 heterocycles. The summed E-state index contributed by atoms with van der Waals surface area (Å²) in [4.78, 5) is 21.6. The van der Waals surface area contributed by atoms with Gasteiger partial charge in [0.15, 0.2) is 17.4 Å². The Balaban J connectivity index is 1.31. The average Bonchev–Trinajstić information content (AvgIpc) is 3.19. The highest BCUT2D eigenvalue weighted by Gasteiger charge is 2.34. The fourth-order valence-corrected chi connectivity index (χ4v) is 4.09. The number of aromatic nitrogens is 3. The lowest BCUT2D eigenvalue weighted by Crippen LogP contribution is -2.49. The van der Waals surface area contributed by atoms with E-state index >= 15 is 0 Å². The summed E-state index contributed by atoms with van der Waals surface area (Å²) in [7, 11) is 0. The van der Waals surface area contributed by atoms with E-state index in [1.165, 1.54) is 0 Å². The van der Waals surface area contributed by atoms with Gasteiger partial charge in [-0.1, -0.05) is 0 Å². The molecule has 1 saturated heterocycles. The molecule has 0 amide bonds. The topological polar surface area (TPSA) is 81.5 Å². The Morgan fingerprint density at radius 3 is 2.66 bits per heavy atom. The summed E-state index contributed by atoms with van der Waals surface area (Å²) in [6.45, 7) is 2.43. The Bertz CT molecular complexity index is 1310. The van der Waals surface area contributed by atoms with Crippen LogP contribution >= 0.6 is 0 Å². The van der Waals surface area contributed by atoms with E-state index in [2.05, 4.69) is 20.2 Å². The average molecular weight is 495 g/mol. The van der Waals surface area contributed by atoms with Gasteiger partial charge in [-0.05, 0) is 23.8 Å². The molecule has 35 heavy (non-hydrogen) atoms. The van der Waals surface area contributed by atoms with E-state index in [0.717, 1.165) is 37.5 Å². The maximum Gasteiger partial charge on any atom is 0.433 e. The molecule has 5 rings (SSSR count). The molecule has 1 N–H and O–H groups in total. The SMILES string of the molecule is O=c1nc(OCc2cc(F)c(Oc3ccnc(C(F)(F)F)c3)c(F)c2)cc2n1CC1CNCCN21. The number of anilines is 1. The maximum atomic E-state index is 14.5. The first-order chi connectivity index (χ1) is 16.7. The smallest absolute Gasteiger partial charge is 0.433 e. The molecule has 184 valence electrons. The number of alkyl halides is 3. The largest absolute Gasteiger partial charge is 0.473 e. The molecule has 0 spiro atoms. The predicted octanol–water partition coefficient (Wildman–Crippen LogP) is 3.10. The number of nitrogens with zero attached hydrogens (tertiary/aromatic N) is 4. The van der Waals surface area contributed by atoms with Crippen molar-refractivity contribution in [2.75, 3.05) is 24.5 Å². The quantitative estimate of drug-likeness (QED) is 0.545. The number of pyridine rings is 1. The Labute approximate surface area is 194 Å². The molecule has 0 radical (unpaired) electrons. The van der Waals surface area contributed by atoms with Gasteiger partial charge in [-0.2, -0.15) is 18.2 Å². The van der Waals surface area contributed by atoms with Gasteiger partial charge in [0.2, 0.25) is 5.88 Å². The molecule has 0 bridgehead atoms. The van der Waals surface area contributed by atoms with Gasteiger partial charge in [0.1, 0.15) is 23.9 Å². The Morgan fingerprint density at radius 2 is 1.91 bits per heavy atom. The number of rotatable bonds is 5. The molecule has 1 aromatic carbocycles. The van der Waals surface area contributed by atoms with Crippen LogP contribution in [0, 0.1) is 11.6 Å². The van der Waals surface area contributed by atoms with E-state index < -0.39 is 40.7 Å². The summed E-state index contributed by atoms with van der Waals surface area (Å²) >= 11 is 0. The number of hydrogen-bond acceptors (Lipinski definition) is 7. The van der Waals surface area contributed by atoms with Gasteiger partial charge < -0.3 is 19.7 Å². The zero-order valence-corrected chi connectivity index (χ0v) is 18.0. The van der Waals surface area contributed by atoms with Crippen LogP contribution in [0.15, 0.2) is 41.3 Å². The minimum atomic E-state index is -4.74. The van der Waals surface area contributed by atoms with E-state index in [1.54, 1.807) is 10.6 Å². The molecule has 0 aliphatic carbocycles. The second-order valence-corrected chi connectivity index (χ2v) is 8.05. The minimum absolute atomic E-state index is 0.0121. The first-order valence-electron chi connectivity index (χ1n) is 10.6. The lowest BCUT2D eigenvalue weighted by atomic mass is 10.2. The van der Waals surface area contributed by atoms with E-state index in [9.17, 15) is 26.7 Å². The molecule has 8 nitrogen and oxygen atoms in total. The van der Waals surface area contributed by atoms with Crippen molar-refractivity contribution in [3.63, 3.8) is 0 Å². The van der Waals surface area contributed by atoms with Crippen molar-refractivity contribution >= 4 is 5.82 Å². The van der Waals surface area contributed by atoms with Gasteiger partial charge in [0, 0.05) is 38.0 Å². The summed E-state index contributed by atoms with van der Waals surface area (Å²) in [6, 6.07) is 5.19. The van der Waals surface area contributed by atoms with Crippen LogP contribution in [-0.2, 0) is 19.3 Å². The molecular weight excluding hydrogens is 477 g/mol. The van der Waals surface area contributed by atoms with Crippen LogP contribution in [0.2, 0.25) is 0 Å². The first kappa shape index (κ1) is 23.0. The molecule has 1 atom stereocenters. The number of ether oxygens (including phenoxy) is 2. The van der Waals surface area contributed by atoms with Crippen molar-refractivity contribution in [1.82, 2.24) is 19.9 Å². The van der Waals surface area contributed by atoms with Gasteiger partial charge in [0.05, 0.1) is 12.6 Å². The van der Waals surface area contributed by atoms with Crippen LogP contribution in [0.4, 0.5) is 27.8 Å². The Kier molecular flexibility index (Phi) is 5.79. The van der Waals surface area contributed by atoms with Gasteiger partial charge >= 0.3 is 11.9 Å². The lowest BCUT2D eigenvalue weighted by Gasteiger charge is -2.31. The zero-order valence-electron chi connectivity index (χ0n) is 18.0. The summed E-state index contributed by atoms with van der Waals surface area (Å²) in [6.07, 6.45) is -3.91. The third-order valence-corrected chi connectivity index (χ3v) is 5.69. The van der Waals surface area contributed by atoms with Crippen molar-refractivity contribution in [2.24, 2.45) is 0 Å². The molecule has 0 saturated carbocycles. The molecule has 2 aliphatic heterocycles. The van der Waals surface area contributed by atoms with E-state index in [1.807, 2.05) is 0 Å². The number of piperazine rings is 1. The molecule has 2 aromatic heterocycles. The lowest BCUT2D eigenvalue weighted by molar-refractivity contribution is -0.141. The van der Waals surface area contributed by atoms with Crippen molar-refractivity contribution in [3.05, 3.63) is 69.9 Å².